The van der Waals surface area contributed by atoms with Crippen LogP contribution in [0.5, 0.6) is 0 Å². The van der Waals surface area contributed by atoms with Crippen molar-refractivity contribution in [2.75, 3.05) is 6.54 Å². The lowest BCUT2D eigenvalue weighted by Gasteiger charge is -2.24. The van der Waals surface area contributed by atoms with Gasteiger partial charge >= 0.3 is 0 Å². The van der Waals surface area contributed by atoms with Gasteiger partial charge in [-0.1, -0.05) is 84.9 Å². The maximum atomic E-state index is 12.8. The molecule has 170 valence electrons. The molecule has 0 aromatic heterocycles. The zero-order valence-electron chi connectivity index (χ0n) is 18.8. The van der Waals surface area contributed by atoms with Crippen LogP contribution in [0.4, 0.5) is 0 Å². The first kappa shape index (κ1) is 22.7. The van der Waals surface area contributed by atoms with Crippen molar-refractivity contribution in [2.24, 2.45) is 0 Å². The van der Waals surface area contributed by atoms with E-state index in [1.165, 1.54) is 0 Å². The molecule has 1 N–H and O–H groups in total. The van der Waals surface area contributed by atoms with Crippen LogP contribution in [0.15, 0.2) is 84.9 Å². The van der Waals surface area contributed by atoms with Crippen LogP contribution in [-0.4, -0.2) is 29.3 Å². The number of carbonyl (C=O) groups excluding carboxylic acids is 2. The average Bonchev–Trinajstić information content (AvgIpc) is 3.35. The number of likely N-dealkylation sites (tertiary alicyclic amines) is 1. The Labute approximate surface area is 195 Å². The Hall–Kier alpha value is -3.44. The van der Waals surface area contributed by atoms with Crippen LogP contribution in [0, 0.1) is 0 Å². The van der Waals surface area contributed by atoms with E-state index >= 15 is 0 Å². The van der Waals surface area contributed by atoms with E-state index in [0.717, 1.165) is 28.7 Å². The lowest BCUT2D eigenvalue weighted by molar-refractivity contribution is -0.138. The highest BCUT2D eigenvalue weighted by molar-refractivity contribution is 5.89. The van der Waals surface area contributed by atoms with Crippen molar-refractivity contribution in [3.63, 3.8) is 0 Å². The summed E-state index contributed by atoms with van der Waals surface area (Å²) in [5, 5.41) is 3.01. The molecule has 5 nitrogen and oxygen atoms in total. The first-order valence-electron chi connectivity index (χ1n) is 11.5. The number of rotatable bonds is 9. The maximum Gasteiger partial charge on any atom is 0.243 e. The molecule has 1 fully saturated rings. The van der Waals surface area contributed by atoms with Crippen LogP contribution in [-0.2, 0) is 40.5 Å². The van der Waals surface area contributed by atoms with Crippen LogP contribution < -0.4 is 5.32 Å². The van der Waals surface area contributed by atoms with Gasteiger partial charge in [0, 0.05) is 13.1 Å². The van der Waals surface area contributed by atoms with E-state index in [0.29, 0.717) is 39.1 Å². The standard InChI is InChI=1S/C28H30N2O3/c31-27(18-22-8-3-1-4-9-22)30-17-7-12-26(30)28(32)29-19-23-13-15-25(16-14-23)21-33-20-24-10-5-2-6-11-24/h1-6,8-11,13-16,26H,7,12,17-21H2,(H,29,32). The summed E-state index contributed by atoms with van der Waals surface area (Å²) in [7, 11) is 0. The Morgan fingerprint density at radius 1 is 0.788 bits per heavy atom. The molecular formula is C28H30N2O3. The third-order valence-electron chi connectivity index (χ3n) is 5.94. The molecule has 0 spiro atoms. The van der Waals surface area contributed by atoms with Gasteiger partial charge in [-0.05, 0) is 35.1 Å². The molecule has 4 rings (SSSR count). The molecule has 0 saturated carbocycles. The number of benzene rings is 3. The Kier molecular flexibility index (Phi) is 7.88. The van der Waals surface area contributed by atoms with Gasteiger partial charge in [0.1, 0.15) is 6.04 Å². The van der Waals surface area contributed by atoms with E-state index in [1.54, 1.807) is 4.90 Å². The van der Waals surface area contributed by atoms with E-state index in [4.69, 9.17) is 4.74 Å². The Bertz CT molecular complexity index is 1040. The lowest BCUT2D eigenvalue weighted by Crippen LogP contribution is -2.46. The predicted molar refractivity (Wildman–Crippen MR) is 128 cm³/mol. The first-order valence-corrected chi connectivity index (χ1v) is 11.5. The molecule has 1 saturated heterocycles. The second-order valence-corrected chi connectivity index (χ2v) is 8.42. The third-order valence-corrected chi connectivity index (χ3v) is 5.94. The van der Waals surface area contributed by atoms with Gasteiger partial charge in [0.05, 0.1) is 19.6 Å². The fraction of sp³-hybridized carbons (Fsp3) is 0.286. The number of amides is 2. The normalized spacial score (nSPS) is 15.4. The van der Waals surface area contributed by atoms with Crippen LogP contribution in [0.25, 0.3) is 0 Å². The van der Waals surface area contributed by atoms with Crippen LogP contribution in [0.3, 0.4) is 0 Å². The lowest BCUT2D eigenvalue weighted by atomic mass is 10.1. The second-order valence-electron chi connectivity index (χ2n) is 8.42. The number of nitrogens with one attached hydrogen (secondary N) is 1. The van der Waals surface area contributed by atoms with Gasteiger partial charge in [-0.25, -0.2) is 0 Å². The van der Waals surface area contributed by atoms with Gasteiger partial charge in [-0.2, -0.15) is 0 Å². The molecule has 0 bridgehead atoms. The highest BCUT2D eigenvalue weighted by Gasteiger charge is 2.33. The smallest absolute Gasteiger partial charge is 0.243 e. The summed E-state index contributed by atoms with van der Waals surface area (Å²) < 4.78 is 5.78. The minimum atomic E-state index is -0.383. The monoisotopic (exact) mass is 442 g/mol. The van der Waals surface area contributed by atoms with Gasteiger partial charge in [0.25, 0.3) is 0 Å². The quantitative estimate of drug-likeness (QED) is 0.539. The molecule has 1 aliphatic rings. The zero-order valence-corrected chi connectivity index (χ0v) is 18.8. The molecule has 1 atom stereocenters. The van der Waals surface area contributed by atoms with Crippen LogP contribution in [0.2, 0.25) is 0 Å². The summed E-state index contributed by atoms with van der Waals surface area (Å²) in [6.45, 7) is 2.21. The fourth-order valence-electron chi connectivity index (χ4n) is 4.13. The molecular weight excluding hydrogens is 412 g/mol. The van der Waals surface area contributed by atoms with Crippen molar-refractivity contribution in [3.8, 4) is 0 Å². The van der Waals surface area contributed by atoms with Crippen molar-refractivity contribution in [1.82, 2.24) is 10.2 Å². The summed E-state index contributed by atoms with van der Waals surface area (Å²) in [5.74, 6) is -0.0668. The molecule has 1 unspecified atom stereocenters. The van der Waals surface area contributed by atoms with E-state index in [-0.39, 0.29) is 17.9 Å². The first-order chi connectivity index (χ1) is 16.2. The Morgan fingerprint density at radius 3 is 2.03 bits per heavy atom. The summed E-state index contributed by atoms with van der Waals surface area (Å²) in [4.78, 5) is 27.3. The molecule has 5 heteroatoms. The summed E-state index contributed by atoms with van der Waals surface area (Å²) in [5.41, 5.74) is 4.24. The maximum absolute atomic E-state index is 12.8. The number of ether oxygens (including phenoxy) is 1. The predicted octanol–water partition coefficient (Wildman–Crippen LogP) is 4.25. The van der Waals surface area contributed by atoms with E-state index < -0.39 is 0 Å². The van der Waals surface area contributed by atoms with Crippen molar-refractivity contribution in [2.45, 2.75) is 45.1 Å². The van der Waals surface area contributed by atoms with Gasteiger partial charge < -0.3 is 15.0 Å². The molecule has 1 heterocycles. The molecule has 0 aliphatic carbocycles. The van der Waals surface area contributed by atoms with Crippen LogP contribution >= 0.6 is 0 Å². The topological polar surface area (TPSA) is 58.6 Å². The van der Waals surface area contributed by atoms with Crippen molar-refractivity contribution >= 4 is 11.8 Å². The number of carbonyl (C=O) groups is 2. The third kappa shape index (κ3) is 6.53. The van der Waals surface area contributed by atoms with Crippen LogP contribution in [0.1, 0.15) is 35.1 Å². The second kappa shape index (κ2) is 11.4. The van der Waals surface area contributed by atoms with Gasteiger partial charge in [0.2, 0.25) is 11.8 Å². The van der Waals surface area contributed by atoms with E-state index in [1.807, 2.05) is 84.9 Å². The van der Waals surface area contributed by atoms with Gasteiger partial charge in [-0.3, -0.25) is 9.59 Å². The Balaban J connectivity index is 1.23. The number of hydrogen-bond donors (Lipinski definition) is 1. The molecule has 2 amide bonds. The van der Waals surface area contributed by atoms with E-state index in [2.05, 4.69) is 5.32 Å². The van der Waals surface area contributed by atoms with Crippen molar-refractivity contribution in [3.05, 3.63) is 107 Å². The van der Waals surface area contributed by atoms with E-state index in [9.17, 15) is 9.59 Å². The number of nitrogens with zero attached hydrogens (tertiary/aromatic N) is 1. The minimum Gasteiger partial charge on any atom is -0.372 e. The van der Waals surface area contributed by atoms with Gasteiger partial charge in [-0.15, -0.1) is 0 Å². The van der Waals surface area contributed by atoms with Crippen molar-refractivity contribution in [1.29, 1.82) is 0 Å². The zero-order chi connectivity index (χ0) is 22.9. The van der Waals surface area contributed by atoms with Crippen molar-refractivity contribution < 1.29 is 14.3 Å². The largest absolute Gasteiger partial charge is 0.372 e. The Morgan fingerprint density at radius 2 is 1.36 bits per heavy atom. The summed E-state index contributed by atoms with van der Waals surface area (Å²) >= 11 is 0. The SMILES string of the molecule is O=C(NCc1ccc(COCc2ccccc2)cc1)C1CCCN1C(=O)Cc1ccccc1. The fourth-order valence-corrected chi connectivity index (χ4v) is 4.13. The molecule has 3 aromatic carbocycles. The average molecular weight is 443 g/mol. The highest BCUT2D eigenvalue weighted by atomic mass is 16.5. The van der Waals surface area contributed by atoms with Gasteiger partial charge in [0.15, 0.2) is 0 Å². The molecule has 0 radical (unpaired) electrons. The summed E-state index contributed by atoms with van der Waals surface area (Å²) in [6, 6.07) is 27.5. The minimum absolute atomic E-state index is 0.0127. The highest BCUT2D eigenvalue weighted by Crippen LogP contribution is 2.19. The summed E-state index contributed by atoms with van der Waals surface area (Å²) in [6.07, 6.45) is 1.90. The molecule has 33 heavy (non-hydrogen) atoms. The number of hydrogen-bond acceptors (Lipinski definition) is 3. The molecule has 3 aromatic rings. The molecule has 1 aliphatic heterocycles.